The van der Waals surface area contributed by atoms with Gasteiger partial charge in [0.15, 0.2) is 0 Å². The van der Waals surface area contributed by atoms with Gasteiger partial charge in [0.2, 0.25) is 0 Å². The number of methoxy groups -OCH3 is 1. The van der Waals surface area contributed by atoms with Crippen LogP contribution in [0.3, 0.4) is 0 Å². The van der Waals surface area contributed by atoms with Crippen LogP contribution in [-0.2, 0) is 4.74 Å². The molecule has 76 valence electrons. The summed E-state index contributed by atoms with van der Waals surface area (Å²) in [5, 5.41) is 9.78. The normalized spacial score (nSPS) is 37.4. The van der Waals surface area contributed by atoms with Gasteiger partial charge in [-0.2, -0.15) is 0 Å². The molecule has 0 aromatic heterocycles. The van der Waals surface area contributed by atoms with Crippen LogP contribution in [0, 0.1) is 0 Å². The third-order valence-electron chi connectivity index (χ3n) is 3.37. The van der Waals surface area contributed by atoms with Crippen molar-refractivity contribution >= 4 is 0 Å². The van der Waals surface area contributed by atoms with E-state index in [1.807, 2.05) is 0 Å². The number of ether oxygens (including phenoxy) is 1. The highest BCUT2D eigenvalue weighted by atomic mass is 16.5. The molecule has 0 unspecified atom stereocenters. The summed E-state index contributed by atoms with van der Waals surface area (Å²) in [5.74, 6) is 0. The zero-order valence-electron chi connectivity index (χ0n) is 8.28. The number of aliphatic hydroxyl groups is 1. The van der Waals surface area contributed by atoms with E-state index in [4.69, 9.17) is 4.74 Å². The summed E-state index contributed by atoms with van der Waals surface area (Å²) in [5.41, 5.74) is 0. The van der Waals surface area contributed by atoms with Crippen LogP contribution in [0.1, 0.15) is 25.7 Å². The van der Waals surface area contributed by atoms with Gasteiger partial charge < -0.3 is 9.84 Å². The zero-order valence-corrected chi connectivity index (χ0v) is 8.28. The molecule has 1 saturated carbocycles. The van der Waals surface area contributed by atoms with Crippen molar-refractivity contribution in [3.8, 4) is 0 Å². The Morgan fingerprint density at radius 3 is 2.54 bits per heavy atom. The fourth-order valence-corrected chi connectivity index (χ4v) is 2.41. The summed E-state index contributed by atoms with van der Waals surface area (Å²) in [6.07, 6.45) is 4.94. The number of hydrogen-bond acceptors (Lipinski definition) is 3. The third-order valence-corrected chi connectivity index (χ3v) is 3.37. The second kappa shape index (κ2) is 3.95. The van der Waals surface area contributed by atoms with Crippen LogP contribution in [0.15, 0.2) is 0 Å². The van der Waals surface area contributed by atoms with Crippen LogP contribution < -0.4 is 0 Å². The SMILES string of the molecule is COC1CN([C@@H]2CCCC[C@H]2O)C1. The van der Waals surface area contributed by atoms with E-state index in [1.165, 1.54) is 12.8 Å². The topological polar surface area (TPSA) is 32.7 Å². The molecule has 2 fully saturated rings. The Kier molecular flexibility index (Phi) is 2.86. The van der Waals surface area contributed by atoms with Crippen molar-refractivity contribution in [2.45, 2.75) is 43.9 Å². The predicted octanol–water partition coefficient (Wildman–Crippen LogP) is 0.620. The maximum Gasteiger partial charge on any atom is 0.0825 e. The summed E-state index contributed by atoms with van der Waals surface area (Å²) in [4.78, 5) is 2.36. The standard InChI is InChI=1S/C10H19NO2/c1-13-8-6-11(7-8)9-4-2-3-5-10(9)12/h8-10,12H,2-7H2,1H3/t9-,10-/m1/s1. The Morgan fingerprint density at radius 1 is 1.23 bits per heavy atom. The Labute approximate surface area is 79.7 Å². The summed E-state index contributed by atoms with van der Waals surface area (Å²) in [7, 11) is 1.76. The van der Waals surface area contributed by atoms with Crippen molar-refractivity contribution in [3.05, 3.63) is 0 Å². The van der Waals surface area contributed by atoms with E-state index in [-0.39, 0.29) is 6.10 Å². The molecular formula is C10H19NO2. The van der Waals surface area contributed by atoms with E-state index < -0.39 is 0 Å². The quantitative estimate of drug-likeness (QED) is 0.684. The predicted molar refractivity (Wildman–Crippen MR) is 50.6 cm³/mol. The van der Waals surface area contributed by atoms with E-state index in [1.54, 1.807) is 7.11 Å². The molecule has 1 aliphatic carbocycles. The number of hydrogen-bond donors (Lipinski definition) is 1. The van der Waals surface area contributed by atoms with Crippen LogP contribution >= 0.6 is 0 Å². The molecule has 1 aliphatic heterocycles. The van der Waals surface area contributed by atoms with Crippen LogP contribution in [0.25, 0.3) is 0 Å². The molecule has 13 heavy (non-hydrogen) atoms. The molecule has 3 nitrogen and oxygen atoms in total. The Bertz CT molecular complexity index is 168. The largest absolute Gasteiger partial charge is 0.391 e. The van der Waals surface area contributed by atoms with Gasteiger partial charge >= 0.3 is 0 Å². The number of rotatable bonds is 2. The van der Waals surface area contributed by atoms with E-state index in [9.17, 15) is 5.11 Å². The van der Waals surface area contributed by atoms with Gasteiger partial charge in [0.1, 0.15) is 0 Å². The van der Waals surface area contributed by atoms with Gasteiger partial charge in [-0.15, -0.1) is 0 Å². The Balaban J connectivity index is 1.80. The second-order valence-electron chi connectivity index (χ2n) is 4.23. The first kappa shape index (κ1) is 9.44. The van der Waals surface area contributed by atoms with Crippen molar-refractivity contribution in [3.63, 3.8) is 0 Å². The lowest BCUT2D eigenvalue weighted by Crippen LogP contribution is -2.59. The molecule has 1 heterocycles. The average molecular weight is 185 g/mol. The number of nitrogens with zero attached hydrogens (tertiary/aromatic N) is 1. The summed E-state index contributed by atoms with van der Waals surface area (Å²) < 4.78 is 5.22. The highest BCUT2D eigenvalue weighted by Crippen LogP contribution is 2.27. The van der Waals surface area contributed by atoms with Gasteiger partial charge in [0.05, 0.1) is 12.2 Å². The molecule has 0 amide bonds. The third kappa shape index (κ3) is 1.87. The molecule has 0 bridgehead atoms. The molecule has 2 rings (SSSR count). The molecule has 1 N–H and O–H groups in total. The van der Waals surface area contributed by atoms with Gasteiger partial charge in [-0.05, 0) is 12.8 Å². The first-order valence-electron chi connectivity index (χ1n) is 5.26. The maximum absolute atomic E-state index is 9.78. The van der Waals surface area contributed by atoms with Crippen molar-refractivity contribution in [2.24, 2.45) is 0 Å². The van der Waals surface area contributed by atoms with E-state index in [0.717, 1.165) is 25.9 Å². The lowest BCUT2D eigenvalue weighted by atomic mass is 9.89. The minimum atomic E-state index is -0.0912. The smallest absolute Gasteiger partial charge is 0.0825 e. The summed E-state index contributed by atoms with van der Waals surface area (Å²) in [6.45, 7) is 2.02. The first-order valence-corrected chi connectivity index (χ1v) is 5.26. The molecular weight excluding hydrogens is 166 g/mol. The number of aliphatic hydroxyl groups excluding tert-OH is 1. The second-order valence-corrected chi connectivity index (χ2v) is 4.23. The lowest BCUT2D eigenvalue weighted by molar-refractivity contribution is -0.0872. The van der Waals surface area contributed by atoms with Crippen LogP contribution in [0.2, 0.25) is 0 Å². The number of likely N-dealkylation sites (tertiary alicyclic amines) is 1. The van der Waals surface area contributed by atoms with Gasteiger partial charge in [0, 0.05) is 26.2 Å². The highest BCUT2D eigenvalue weighted by molar-refractivity contribution is 4.91. The molecule has 0 spiro atoms. The molecule has 2 atom stereocenters. The molecule has 3 heteroatoms. The fourth-order valence-electron chi connectivity index (χ4n) is 2.41. The fraction of sp³-hybridized carbons (Fsp3) is 1.00. The average Bonchev–Trinajstić information content (AvgIpc) is 2.06. The summed E-state index contributed by atoms with van der Waals surface area (Å²) >= 11 is 0. The van der Waals surface area contributed by atoms with Gasteiger partial charge in [-0.25, -0.2) is 0 Å². The van der Waals surface area contributed by atoms with Crippen LogP contribution in [-0.4, -0.2) is 48.5 Å². The van der Waals surface area contributed by atoms with E-state index in [2.05, 4.69) is 4.90 Å². The van der Waals surface area contributed by atoms with Gasteiger partial charge in [-0.3, -0.25) is 4.90 Å². The monoisotopic (exact) mass is 185 g/mol. The minimum absolute atomic E-state index is 0.0912. The van der Waals surface area contributed by atoms with Crippen molar-refractivity contribution in [2.75, 3.05) is 20.2 Å². The van der Waals surface area contributed by atoms with Crippen LogP contribution in [0.5, 0.6) is 0 Å². The van der Waals surface area contributed by atoms with Crippen LogP contribution in [0.4, 0.5) is 0 Å². The molecule has 0 radical (unpaired) electrons. The molecule has 2 aliphatic rings. The first-order chi connectivity index (χ1) is 6.31. The summed E-state index contributed by atoms with van der Waals surface area (Å²) in [6, 6.07) is 0.417. The molecule has 0 aromatic carbocycles. The van der Waals surface area contributed by atoms with Crippen molar-refractivity contribution in [1.82, 2.24) is 4.90 Å². The minimum Gasteiger partial charge on any atom is -0.391 e. The lowest BCUT2D eigenvalue weighted by Gasteiger charge is -2.46. The Morgan fingerprint density at radius 2 is 1.92 bits per heavy atom. The molecule has 1 saturated heterocycles. The van der Waals surface area contributed by atoms with Crippen molar-refractivity contribution < 1.29 is 9.84 Å². The van der Waals surface area contributed by atoms with E-state index >= 15 is 0 Å². The van der Waals surface area contributed by atoms with Crippen molar-refractivity contribution in [1.29, 1.82) is 0 Å². The highest BCUT2D eigenvalue weighted by Gasteiger charge is 2.36. The van der Waals surface area contributed by atoms with Gasteiger partial charge in [0.25, 0.3) is 0 Å². The maximum atomic E-state index is 9.78. The zero-order chi connectivity index (χ0) is 9.26. The molecule has 0 aromatic rings. The van der Waals surface area contributed by atoms with E-state index in [0.29, 0.717) is 12.1 Å². The Hall–Kier alpha value is -0.120. The van der Waals surface area contributed by atoms with Gasteiger partial charge in [-0.1, -0.05) is 12.8 Å².